The molecule has 1 aromatic carbocycles. The molecular formula is C9H6Cl2F2O. The molecule has 1 rings (SSSR count). The first-order chi connectivity index (χ1) is 6.50. The third-order valence-corrected chi connectivity index (χ3v) is 2.37. The van der Waals surface area contributed by atoms with Gasteiger partial charge in [-0.3, -0.25) is 4.79 Å². The molecule has 5 heteroatoms. The van der Waals surface area contributed by atoms with Crippen molar-refractivity contribution in [3.05, 3.63) is 35.4 Å². The van der Waals surface area contributed by atoms with E-state index in [9.17, 15) is 13.6 Å². The summed E-state index contributed by atoms with van der Waals surface area (Å²) in [6, 6.07) is 3.32. The van der Waals surface area contributed by atoms with Crippen molar-refractivity contribution in [3.63, 3.8) is 0 Å². The van der Waals surface area contributed by atoms with Crippen molar-refractivity contribution in [2.75, 3.05) is 0 Å². The van der Waals surface area contributed by atoms with Gasteiger partial charge < -0.3 is 0 Å². The summed E-state index contributed by atoms with van der Waals surface area (Å²) in [6.45, 7) is 0. The molecule has 76 valence electrons. The van der Waals surface area contributed by atoms with Crippen LogP contribution in [-0.4, -0.2) is 10.6 Å². The van der Waals surface area contributed by atoms with Crippen molar-refractivity contribution >= 4 is 28.4 Å². The molecule has 0 aliphatic heterocycles. The van der Waals surface area contributed by atoms with E-state index in [2.05, 4.69) is 0 Å². The Labute approximate surface area is 89.6 Å². The van der Waals surface area contributed by atoms with Gasteiger partial charge in [0.05, 0.1) is 0 Å². The van der Waals surface area contributed by atoms with E-state index in [4.69, 9.17) is 23.2 Å². The second-order valence-electron chi connectivity index (χ2n) is 2.72. The Hall–Kier alpha value is -0.670. The van der Waals surface area contributed by atoms with Crippen molar-refractivity contribution in [1.29, 1.82) is 0 Å². The molecule has 0 amide bonds. The van der Waals surface area contributed by atoms with E-state index in [1.165, 1.54) is 6.07 Å². The maximum Gasteiger partial charge on any atom is 0.239 e. The number of carbonyl (C=O) groups is 1. The molecule has 0 fully saturated rings. The standard InChI is InChI=1S/C9H6Cl2F2O/c10-6(9(11)14)3-5-1-2-7(12)8(13)4-5/h1-2,4,6H,3H2. The molecule has 0 aliphatic carbocycles. The van der Waals surface area contributed by atoms with Gasteiger partial charge in [-0.15, -0.1) is 11.6 Å². The molecule has 0 aromatic heterocycles. The monoisotopic (exact) mass is 238 g/mol. The highest BCUT2D eigenvalue weighted by Gasteiger charge is 2.14. The van der Waals surface area contributed by atoms with E-state index in [1.54, 1.807) is 0 Å². The Bertz CT molecular complexity index is 355. The average Bonchev–Trinajstić information content (AvgIpc) is 2.11. The fraction of sp³-hybridized carbons (Fsp3) is 0.222. The first-order valence-electron chi connectivity index (χ1n) is 3.78. The highest BCUT2D eigenvalue weighted by atomic mass is 35.5. The number of hydrogen-bond acceptors (Lipinski definition) is 1. The van der Waals surface area contributed by atoms with Gasteiger partial charge in [0.2, 0.25) is 5.24 Å². The highest BCUT2D eigenvalue weighted by Crippen LogP contribution is 2.14. The number of alkyl halides is 1. The number of rotatable bonds is 3. The van der Waals surface area contributed by atoms with Gasteiger partial charge in [0.1, 0.15) is 5.38 Å². The number of hydrogen-bond donors (Lipinski definition) is 0. The number of carbonyl (C=O) groups excluding carboxylic acids is 1. The second kappa shape index (κ2) is 4.71. The van der Waals surface area contributed by atoms with Gasteiger partial charge in [-0.05, 0) is 35.7 Å². The topological polar surface area (TPSA) is 17.1 Å². The molecule has 1 nitrogen and oxygen atoms in total. The number of benzene rings is 1. The van der Waals surface area contributed by atoms with Gasteiger partial charge in [-0.1, -0.05) is 6.07 Å². The van der Waals surface area contributed by atoms with Crippen LogP contribution in [0, 0.1) is 11.6 Å². The first-order valence-corrected chi connectivity index (χ1v) is 4.59. The van der Waals surface area contributed by atoms with Crippen LogP contribution in [0.2, 0.25) is 0 Å². The average molecular weight is 239 g/mol. The van der Waals surface area contributed by atoms with Gasteiger partial charge in [0, 0.05) is 0 Å². The summed E-state index contributed by atoms with van der Waals surface area (Å²) in [5, 5.41) is -1.63. The van der Waals surface area contributed by atoms with Crippen LogP contribution >= 0.6 is 23.2 Å². The lowest BCUT2D eigenvalue weighted by Crippen LogP contribution is -2.11. The molecular weight excluding hydrogens is 233 g/mol. The number of halogens is 4. The Balaban J connectivity index is 2.78. The van der Waals surface area contributed by atoms with E-state index >= 15 is 0 Å². The Morgan fingerprint density at radius 2 is 2.00 bits per heavy atom. The lowest BCUT2D eigenvalue weighted by molar-refractivity contribution is -0.111. The Kier molecular flexibility index (Phi) is 3.84. The summed E-state index contributed by atoms with van der Waals surface area (Å²) in [5.41, 5.74) is 0.429. The molecule has 0 aliphatic rings. The summed E-state index contributed by atoms with van der Waals surface area (Å²) in [7, 11) is 0. The summed E-state index contributed by atoms with van der Waals surface area (Å²) in [6.07, 6.45) is 0.0844. The van der Waals surface area contributed by atoms with Crippen LogP contribution < -0.4 is 0 Å². The van der Waals surface area contributed by atoms with Gasteiger partial charge >= 0.3 is 0 Å². The first kappa shape index (κ1) is 11.4. The molecule has 0 saturated heterocycles. The van der Waals surface area contributed by atoms with Crippen LogP contribution in [0.4, 0.5) is 8.78 Å². The van der Waals surface area contributed by atoms with E-state index in [0.717, 1.165) is 12.1 Å². The van der Waals surface area contributed by atoms with Crippen molar-refractivity contribution < 1.29 is 13.6 Å². The summed E-state index contributed by atoms with van der Waals surface area (Å²) in [5.74, 6) is -1.90. The van der Waals surface area contributed by atoms with Crippen LogP contribution in [-0.2, 0) is 11.2 Å². The highest BCUT2D eigenvalue weighted by molar-refractivity contribution is 6.69. The van der Waals surface area contributed by atoms with Gasteiger partial charge in [-0.25, -0.2) is 8.78 Å². The lowest BCUT2D eigenvalue weighted by atomic mass is 10.1. The summed E-state index contributed by atoms with van der Waals surface area (Å²) < 4.78 is 25.2. The van der Waals surface area contributed by atoms with Crippen molar-refractivity contribution in [3.8, 4) is 0 Å². The minimum absolute atomic E-state index is 0.0844. The molecule has 0 saturated carbocycles. The Morgan fingerprint density at radius 3 is 2.50 bits per heavy atom. The molecule has 0 bridgehead atoms. The predicted octanol–water partition coefficient (Wildman–Crippen LogP) is 2.88. The van der Waals surface area contributed by atoms with Gasteiger partial charge in [0.15, 0.2) is 11.6 Å². The zero-order chi connectivity index (χ0) is 10.7. The largest absolute Gasteiger partial charge is 0.280 e. The Morgan fingerprint density at radius 1 is 1.36 bits per heavy atom. The second-order valence-corrected chi connectivity index (χ2v) is 3.62. The minimum Gasteiger partial charge on any atom is -0.280 e. The minimum atomic E-state index is -0.964. The normalized spacial score (nSPS) is 12.6. The lowest BCUT2D eigenvalue weighted by Gasteiger charge is -2.04. The third-order valence-electron chi connectivity index (χ3n) is 1.65. The van der Waals surface area contributed by atoms with Gasteiger partial charge in [0.25, 0.3) is 0 Å². The molecule has 1 atom stereocenters. The van der Waals surface area contributed by atoms with E-state index in [1.807, 2.05) is 0 Å². The van der Waals surface area contributed by atoms with E-state index < -0.39 is 22.3 Å². The fourth-order valence-corrected chi connectivity index (χ4v) is 1.21. The van der Waals surface area contributed by atoms with Crippen molar-refractivity contribution in [2.45, 2.75) is 11.8 Å². The molecule has 14 heavy (non-hydrogen) atoms. The van der Waals surface area contributed by atoms with E-state index in [0.29, 0.717) is 5.56 Å². The van der Waals surface area contributed by atoms with Gasteiger partial charge in [-0.2, -0.15) is 0 Å². The maximum atomic E-state index is 12.7. The molecule has 0 heterocycles. The third kappa shape index (κ3) is 2.93. The molecule has 0 radical (unpaired) electrons. The zero-order valence-corrected chi connectivity index (χ0v) is 8.45. The van der Waals surface area contributed by atoms with Crippen LogP contribution in [0.25, 0.3) is 0 Å². The fourth-order valence-electron chi connectivity index (χ4n) is 0.954. The van der Waals surface area contributed by atoms with E-state index in [-0.39, 0.29) is 6.42 Å². The molecule has 1 unspecified atom stereocenters. The zero-order valence-electron chi connectivity index (χ0n) is 6.94. The maximum absolute atomic E-state index is 12.7. The molecule has 0 N–H and O–H groups in total. The molecule has 0 spiro atoms. The quantitative estimate of drug-likeness (QED) is 0.585. The van der Waals surface area contributed by atoms with Crippen LogP contribution in [0.3, 0.4) is 0 Å². The summed E-state index contributed by atoms with van der Waals surface area (Å²) in [4.78, 5) is 10.6. The summed E-state index contributed by atoms with van der Waals surface area (Å²) >= 11 is 10.7. The van der Waals surface area contributed by atoms with Crippen molar-refractivity contribution in [1.82, 2.24) is 0 Å². The SMILES string of the molecule is O=C(Cl)C(Cl)Cc1ccc(F)c(F)c1. The smallest absolute Gasteiger partial charge is 0.239 e. The van der Waals surface area contributed by atoms with Crippen LogP contribution in [0.15, 0.2) is 18.2 Å². The van der Waals surface area contributed by atoms with Crippen LogP contribution in [0.1, 0.15) is 5.56 Å². The molecule has 1 aromatic rings. The van der Waals surface area contributed by atoms with Crippen LogP contribution in [0.5, 0.6) is 0 Å². The predicted molar refractivity (Wildman–Crippen MR) is 50.6 cm³/mol. The van der Waals surface area contributed by atoms with Crippen molar-refractivity contribution in [2.24, 2.45) is 0 Å².